The molecule has 0 rings (SSSR count). The van der Waals surface area contributed by atoms with Gasteiger partial charge in [-0.1, -0.05) is 0 Å². The molecule has 0 aromatic heterocycles. The Balaban J connectivity index is 3.05. The molecule has 0 unspecified atom stereocenters. The summed E-state index contributed by atoms with van der Waals surface area (Å²) in [5.74, 6) is 0. The van der Waals surface area contributed by atoms with Crippen LogP contribution in [0.5, 0.6) is 0 Å². The van der Waals surface area contributed by atoms with Crippen LogP contribution >= 0.6 is 0 Å². The van der Waals surface area contributed by atoms with E-state index < -0.39 is 5.09 Å². The monoisotopic (exact) mass is 90.0 g/mol. The van der Waals surface area contributed by atoms with Gasteiger partial charge in [-0.15, -0.1) is 10.1 Å². The first-order chi connectivity index (χ1) is 2.77. The van der Waals surface area contributed by atoms with Crippen molar-refractivity contribution >= 4 is 6.47 Å². The Hall–Kier alpha value is -1.13. The van der Waals surface area contributed by atoms with Crippen LogP contribution in [0.25, 0.3) is 0 Å². The van der Waals surface area contributed by atoms with Crippen molar-refractivity contribution in [3.8, 4) is 0 Å². The molecule has 0 saturated carbocycles. The van der Waals surface area contributed by atoms with Crippen molar-refractivity contribution in [1.82, 2.24) is 0 Å². The van der Waals surface area contributed by atoms with Crippen LogP contribution in [0.1, 0.15) is 0 Å². The Bertz CT molecular complexity index is 67.9. The van der Waals surface area contributed by atoms with Crippen LogP contribution < -0.4 is 0 Å². The van der Waals surface area contributed by atoms with Crippen molar-refractivity contribution in [2.75, 3.05) is 0 Å². The van der Waals surface area contributed by atoms with Crippen molar-refractivity contribution < 1.29 is 14.7 Å². The summed E-state index contributed by atoms with van der Waals surface area (Å²) in [6.07, 6.45) is 0. The zero-order chi connectivity index (χ0) is 4.99. The Morgan fingerprint density at radius 3 is 2.33 bits per heavy atom. The molecule has 0 atom stereocenters. The summed E-state index contributed by atoms with van der Waals surface area (Å²) in [5.41, 5.74) is 0. The summed E-state index contributed by atoms with van der Waals surface area (Å²) >= 11 is 0. The lowest BCUT2D eigenvalue weighted by molar-refractivity contribution is -0.722. The molecule has 5 nitrogen and oxygen atoms in total. The standard InChI is InChI=1S/CNO4/c3-1-6-2(4)5. The summed E-state index contributed by atoms with van der Waals surface area (Å²) in [4.78, 5) is 20.7. The van der Waals surface area contributed by atoms with Gasteiger partial charge in [0.05, 0.1) is 0 Å². The first-order valence-electron chi connectivity index (χ1n) is 0.956. The van der Waals surface area contributed by atoms with Gasteiger partial charge in [0.25, 0.3) is 0 Å². The van der Waals surface area contributed by atoms with Gasteiger partial charge in [0.1, 0.15) is 0 Å². The average molecular weight is 90.0 g/mol. The SMILES string of the molecule is O=[C]O[N+](=O)[O-]. The fourth-order valence-electron chi connectivity index (χ4n) is 0.0304. The lowest BCUT2D eigenvalue weighted by atomic mass is 11.6. The highest BCUT2D eigenvalue weighted by atomic mass is 17.0. The molecule has 6 heavy (non-hydrogen) atoms. The van der Waals surface area contributed by atoms with E-state index in [1.807, 2.05) is 0 Å². The molecule has 0 aliphatic carbocycles. The zero-order valence-corrected chi connectivity index (χ0v) is 2.58. The third kappa shape index (κ3) is 2.87. The topological polar surface area (TPSA) is 69.4 Å². The second-order valence-electron chi connectivity index (χ2n) is 0.398. The molecule has 0 aliphatic rings. The Kier molecular flexibility index (Phi) is 1.73. The van der Waals surface area contributed by atoms with E-state index >= 15 is 0 Å². The van der Waals surface area contributed by atoms with Crippen molar-refractivity contribution in [3.63, 3.8) is 0 Å². The first kappa shape index (κ1) is 4.87. The van der Waals surface area contributed by atoms with Crippen molar-refractivity contribution in [1.29, 1.82) is 0 Å². The molecule has 0 spiro atoms. The molecule has 1 radical (unpaired) electrons. The molecular formula is CNO4. The number of rotatable bonds is 2. The highest BCUT2D eigenvalue weighted by Gasteiger charge is 1.86. The summed E-state index contributed by atoms with van der Waals surface area (Å²) in [5, 5.41) is 7.68. The third-order valence-electron chi connectivity index (χ3n) is 0.112. The van der Waals surface area contributed by atoms with Gasteiger partial charge in [0.2, 0.25) is 0 Å². The van der Waals surface area contributed by atoms with E-state index in [0.717, 1.165) is 0 Å². The second-order valence-corrected chi connectivity index (χ2v) is 0.398. The highest BCUT2D eigenvalue weighted by molar-refractivity contribution is 5.36. The number of hydrogen-bond acceptors (Lipinski definition) is 4. The summed E-state index contributed by atoms with van der Waals surface area (Å²) in [7, 11) is 0. The van der Waals surface area contributed by atoms with Crippen LogP contribution in [0.2, 0.25) is 0 Å². The van der Waals surface area contributed by atoms with Crippen LogP contribution in [-0.4, -0.2) is 11.6 Å². The van der Waals surface area contributed by atoms with Crippen molar-refractivity contribution in [2.24, 2.45) is 0 Å². The van der Waals surface area contributed by atoms with Gasteiger partial charge < -0.3 is 0 Å². The lowest BCUT2D eigenvalue weighted by Crippen LogP contribution is -1.95. The lowest BCUT2D eigenvalue weighted by Gasteiger charge is -1.71. The van der Waals surface area contributed by atoms with Gasteiger partial charge in [-0.2, -0.15) is 0 Å². The minimum absolute atomic E-state index is 0.618. The predicted octanol–water partition coefficient (Wildman–Crippen LogP) is -0.738. The number of nitrogens with zero attached hydrogens (tertiary/aromatic N) is 1. The van der Waals surface area contributed by atoms with Crippen LogP contribution in [0.4, 0.5) is 0 Å². The molecule has 0 aliphatic heterocycles. The maximum atomic E-state index is 8.92. The number of carbonyl (C=O) groups excluding carboxylic acids is 1. The molecular weight excluding hydrogens is 90.0 g/mol. The van der Waals surface area contributed by atoms with E-state index in [2.05, 4.69) is 4.84 Å². The Labute approximate surface area is 32.6 Å². The smallest absolute Gasteiger partial charge is 0.257 e. The molecule has 0 aromatic rings. The summed E-state index contributed by atoms with van der Waals surface area (Å²) in [6, 6.07) is 0. The van der Waals surface area contributed by atoms with Crippen molar-refractivity contribution in [3.05, 3.63) is 10.1 Å². The van der Waals surface area contributed by atoms with Gasteiger partial charge in [-0.05, 0) is 0 Å². The largest absolute Gasteiger partial charge is 0.397 e. The average Bonchev–Trinajstić information content (AvgIpc) is 1.35. The fourth-order valence-corrected chi connectivity index (χ4v) is 0.0304. The minimum Gasteiger partial charge on any atom is -0.257 e. The molecule has 0 heterocycles. The molecule has 0 saturated heterocycles. The predicted molar refractivity (Wildman–Crippen MR) is 13.8 cm³/mol. The van der Waals surface area contributed by atoms with E-state index in [1.54, 1.807) is 0 Å². The van der Waals surface area contributed by atoms with E-state index in [-0.39, 0.29) is 0 Å². The van der Waals surface area contributed by atoms with E-state index in [0.29, 0.717) is 6.47 Å². The van der Waals surface area contributed by atoms with Crippen LogP contribution in [0.15, 0.2) is 0 Å². The van der Waals surface area contributed by atoms with Gasteiger partial charge in [-0.3, -0.25) is 4.79 Å². The van der Waals surface area contributed by atoms with Crippen LogP contribution in [-0.2, 0) is 9.63 Å². The Morgan fingerprint density at radius 2 is 2.33 bits per heavy atom. The molecule has 0 fully saturated rings. The second kappa shape index (κ2) is 2.13. The first-order valence-corrected chi connectivity index (χ1v) is 0.956. The van der Waals surface area contributed by atoms with Gasteiger partial charge >= 0.3 is 11.6 Å². The molecule has 0 aromatic carbocycles. The normalized spacial score (nSPS) is 6.67. The fraction of sp³-hybridized carbons (Fsp3) is 0. The maximum Gasteiger partial charge on any atom is 0.397 e. The molecule has 5 heteroatoms. The summed E-state index contributed by atoms with van der Waals surface area (Å²) < 4.78 is 0. The third-order valence-corrected chi connectivity index (χ3v) is 0.112. The van der Waals surface area contributed by atoms with Crippen LogP contribution in [0.3, 0.4) is 0 Å². The summed E-state index contributed by atoms with van der Waals surface area (Å²) in [6.45, 7) is 0.618. The van der Waals surface area contributed by atoms with Gasteiger partial charge in [0, 0.05) is 0 Å². The molecule has 0 amide bonds. The number of hydrogen-bond donors (Lipinski definition) is 0. The van der Waals surface area contributed by atoms with Crippen molar-refractivity contribution in [2.45, 2.75) is 0 Å². The van der Waals surface area contributed by atoms with Gasteiger partial charge in [-0.25, -0.2) is 4.84 Å². The Morgan fingerprint density at radius 1 is 1.83 bits per heavy atom. The quantitative estimate of drug-likeness (QED) is 0.331. The molecule has 33 valence electrons. The van der Waals surface area contributed by atoms with E-state index in [9.17, 15) is 0 Å². The minimum atomic E-state index is -1.24. The zero-order valence-electron chi connectivity index (χ0n) is 2.58. The van der Waals surface area contributed by atoms with E-state index in [4.69, 9.17) is 14.9 Å². The maximum absolute atomic E-state index is 8.92. The van der Waals surface area contributed by atoms with Gasteiger partial charge in [0.15, 0.2) is 0 Å². The molecule has 0 N–H and O–H groups in total. The van der Waals surface area contributed by atoms with E-state index in [1.165, 1.54) is 0 Å². The highest BCUT2D eigenvalue weighted by Crippen LogP contribution is 1.60. The van der Waals surface area contributed by atoms with Crippen LogP contribution in [0, 0.1) is 10.1 Å². The molecule has 0 bridgehead atoms.